The van der Waals surface area contributed by atoms with E-state index >= 15 is 0 Å². The predicted octanol–water partition coefficient (Wildman–Crippen LogP) is 3.82. The number of nitrogens with zero attached hydrogens (tertiary/aromatic N) is 2. The van der Waals surface area contributed by atoms with Crippen LogP contribution in [0.4, 0.5) is 5.69 Å². The number of benzene rings is 2. The molecule has 0 fully saturated rings. The van der Waals surface area contributed by atoms with Crippen molar-refractivity contribution in [3.63, 3.8) is 0 Å². The zero-order valence-electron chi connectivity index (χ0n) is 21.6. The molecule has 39 heavy (non-hydrogen) atoms. The first kappa shape index (κ1) is 27.4. The third kappa shape index (κ3) is 7.45. The highest BCUT2D eigenvalue weighted by Crippen LogP contribution is 2.31. The fourth-order valence-electron chi connectivity index (χ4n) is 3.46. The number of anilines is 1. The standard InChI is InChI=1S/C26H27N5O7S/c1-15(14-36-26(33)24-13-28-17(3)30-24)37-20-9-18(31-25(32)23-12-27-16(2)29-23)10-21(11-20)38-19-5-7-22(8-6-19)39(4,34)35/h5-13,15H,14H2,1-4H3,(H,27,29)(H,28,30)(H,31,32)/t15-/m0/s1. The van der Waals surface area contributed by atoms with Crippen molar-refractivity contribution in [1.29, 1.82) is 0 Å². The van der Waals surface area contributed by atoms with Gasteiger partial charge >= 0.3 is 5.97 Å². The van der Waals surface area contributed by atoms with Gasteiger partial charge < -0.3 is 29.5 Å². The highest BCUT2D eigenvalue weighted by molar-refractivity contribution is 7.90. The number of ether oxygens (including phenoxy) is 3. The Hall–Kier alpha value is -4.65. The Bertz CT molecular complexity index is 1590. The van der Waals surface area contributed by atoms with Gasteiger partial charge in [-0.2, -0.15) is 0 Å². The molecule has 2 aromatic carbocycles. The number of carbonyl (C=O) groups is 2. The van der Waals surface area contributed by atoms with Crippen LogP contribution >= 0.6 is 0 Å². The molecule has 4 rings (SSSR count). The predicted molar refractivity (Wildman–Crippen MR) is 141 cm³/mol. The Morgan fingerprint density at radius 3 is 2.13 bits per heavy atom. The van der Waals surface area contributed by atoms with Crippen molar-refractivity contribution >= 4 is 27.4 Å². The summed E-state index contributed by atoms with van der Waals surface area (Å²) in [6, 6.07) is 10.7. The minimum Gasteiger partial charge on any atom is -0.487 e. The van der Waals surface area contributed by atoms with Crippen LogP contribution < -0.4 is 14.8 Å². The summed E-state index contributed by atoms with van der Waals surface area (Å²) in [5, 5.41) is 2.77. The number of nitrogens with one attached hydrogen (secondary N) is 3. The van der Waals surface area contributed by atoms with Gasteiger partial charge in [0.2, 0.25) is 0 Å². The number of aromatic amines is 2. The number of aryl methyl sites for hydroxylation is 2. The van der Waals surface area contributed by atoms with Crippen LogP contribution in [0.3, 0.4) is 0 Å². The quantitative estimate of drug-likeness (QED) is 0.247. The zero-order valence-corrected chi connectivity index (χ0v) is 22.5. The number of H-pyrrole nitrogens is 2. The average Bonchev–Trinajstić information content (AvgIpc) is 3.50. The number of aromatic nitrogens is 4. The number of esters is 1. The molecule has 3 N–H and O–H groups in total. The molecule has 0 saturated carbocycles. The lowest BCUT2D eigenvalue weighted by molar-refractivity contribution is 0.0335. The van der Waals surface area contributed by atoms with Crippen LogP contribution in [0, 0.1) is 13.8 Å². The molecule has 0 bridgehead atoms. The van der Waals surface area contributed by atoms with Crippen molar-refractivity contribution in [1.82, 2.24) is 19.9 Å². The van der Waals surface area contributed by atoms with Crippen LogP contribution in [0.25, 0.3) is 0 Å². The molecule has 0 unspecified atom stereocenters. The molecular formula is C26H27N5O7S. The molecular weight excluding hydrogens is 526 g/mol. The normalized spacial score (nSPS) is 12.0. The maximum absolute atomic E-state index is 12.7. The molecule has 0 aliphatic heterocycles. The highest BCUT2D eigenvalue weighted by atomic mass is 32.2. The van der Waals surface area contributed by atoms with Crippen molar-refractivity contribution in [2.45, 2.75) is 31.8 Å². The van der Waals surface area contributed by atoms with E-state index in [1.54, 1.807) is 39.0 Å². The lowest BCUT2D eigenvalue weighted by Gasteiger charge is -2.17. The average molecular weight is 554 g/mol. The molecule has 2 aromatic heterocycles. The summed E-state index contributed by atoms with van der Waals surface area (Å²) in [6.45, 7) is 5.12. The van der Waals surface area contributed by atoms with Crippen molar-refractivity contribution in [3.8, 4) is 17.2 Å². The van der Waals surface area contributed by atoms with Crippen molar-refractivity contribution in [3.05, 3.63) is 77.9 Å². The number of imidazole rings is 2. The summed E-state index contributed by atoms with van der Waals surface area (Å²) in [5.41, 5.74) is 0.868. The number of sulfone groups is 1. The van der Waals surface area contributed by atoms with Crippen LogP contribution in [0.1, 0.15) is 39.5 Å². The van der Waals surface area contributed by atoms with Crippen molar-refractivity contribution < 1.29 is 32.2 Å². The summed E-state index contributed by atoms with van der Waals surface area (Å²) in [4.78, 5) is 38.7. The van der Waals surface area contributed by atoms with Gasteiger partial charge in [0, 0.05) is 30.1 Å². The molecule has 204 valence electrons. The summed E-state index contributed by atoms with van der Waals surface area (Å²) in [7, 11) is -3.36. The van der Waals surface area contributed by atoms with E-state index in [0.29, 0.717) is 34.6 Å². The number of amides is 1. The number of hydrogen-bond acceptors (Lipinski definition) is 9. The Kier molecular flexibility index (Phi) is 8.00. The Morgan fingerprint density at radius 2 is 1.54 bits per heavy atom. The smallest absolute Gasteiger partial charge is 0.356 e. The molecule has 0 aliphatic carbocycles. The summed E-state index contributed by atoms with van der Waals surface area (Å²) in [6.07, 6.45) is 3.38. The Labute approximate surface area is 224 Å². The third-order valence-corrected chi connectivity index (χ3v) is 6.41. The topological polar surface area (TPSA) is 165 Å². The van der Waals surface area contributed by atoms with Crippen molar-refractivity contribution in [2.24, 2.45) is 0 Å². The fraction of sp³-hybridized carbons (Fsp3) is 0.231. The van der Waals surface area contributed by atoms with E-state index in [4.69, 9.17) is 14.2 Å². The summed E-state index contributed by atoms with van der Waals surface area (Å²) in [5.74, 6) is 1.21. The minimum atomic E-state index is -3.36. The SMILES string of the molecule is Cc1ncc(C(=O)Nc2cc(Oc3ccc(S(C)(=O)=O)cc3)cc(O[C@@H](C)COC(=O)c3cnc(C)[nH]3)c2)[nH]1. The van der Waals surface area contributed by atoms with Gasteiger partial charge in [0.05, 0.1) is 17.3 Å². The molecule has 0 spiro atoms. The van der Waals surface area contributed by atoms with E-state index in [1.165, 1.54) is 36.7 Å². The maximum atomic E-state index is 12.7. The second-order valence-electron chi connectivity index (χ2n) is 8.78. The van der Waals surface area contributed by atoms with E-state index in [0.717, 1.165) is 6.26 Å². The molecule has 2 heterocycles. The van der Waals surface area contributed by atoms with E-state index in [9.17, 15) is 18.0 Å². The van der Waals surface area contributed by atoms with Gasteiger partial charge in [0.15, 0.2) is 9.84 Å². The lowest BCUT2D eigenvalue weighted by Crippen LogP contribution is -2.22. The summed E-state index contributed by atoms with van der Waals surface area (Å²) >= 11 is 0. The van der Waals surface area contributed by atoms with Gasteiger partial charge in [-0.3, -0.25) is 4.79 Å². The van der Waals surface area contributed by atoms with E-state index < -0.39 is 27.8 Å². The molecule has 1 atom stereocenters. The fourth-order valence-corrected chi connectivity index (χ4v) is 4.09. The van der Waals surface area contributed by atoms with Gasteiger partial charge in [0.25, 0.3) is 5.91 Å². The van der Waals surface area contributed by atoms with Crippen LogP contribution in [0.15, 0.2) is 59.8 Å². The molecule has 1 amide bonds. The van der Waals surface area contributed by atoms with E-state index in [2.05, 4.69) is 25.3 Å². The first-order valence-electron chi connectivity index (χ1n) is 11.8. The Balaban J connectivity index is 1.51. The van der Waals surface area contributed by atoms with Crippen LogP contribution in [0.2, 0.25) is 0 Å². The van der Waals surface area contributed by atoms with Gasteiger partial charge in [-0.1, -0.05) is 0 Å². The first-order valence-corrected chi connectivity index (χ1v) is 13.7. The number of rotatable bonds is 10. The molecule has 13 heteroatoms. The van der Waals surface area contributed by atoms with Gasteiger partial charge in [-0.25, -0.2) is 23.2 Å². The van der Waals surface area contributed by atoms with Gasteiger partial charge in [-0.05, 0) is 45.0 Å². The molecule has 0 radical (unpaired) electrons. The van der Waals surface area contributed by atoms with Crippen LogP contribution in [-0.4, -0.2) is 59.2 Å². The number of carbonyl (C=O) groups excluding carboxylic acids is 2. The molecule has 0 aliphatic rings. The zero-order chi connectivity index (χ0) is 28.2. The second-order valence-corrected chi connectivity index (χ2v) is 10.8. The minimum absolute atomic E-state index is 0.0515. The van der Waals surface area contributed by atoms with Crippen LogP contribution in [0.5, 0.6) is 17.2 Å². The van der Waals surface area contributed by atoms with Gasteiger partial charge in [-0.15, -0.1) is 0 Å². The second kappa shape index (κ2) is 11.4. The largest absolute Gasteiger partial charge is 0.487 e. The van der Waals surface area contributed by atoms with Crippen LogP contribution in [-0.2, 0) is 14.6 Å². The molecule has 4 aromatic rings. The van der Waals surface area contributed by atoms with Crippen molar-refractivity contribution in [2.75, 3.05) is 18.2 Å². The number of hydrogen-bond donors (Lipinski definition) is 3. The maximum Gasteiger partial charge on any atom is 0.356 e. The van der Waals surface area contributed by atoms with Gasteiger partial charge in [0.1, 0.15) is 53.0 Å². The highest BCUT2D eigenvalue weighted by Gasteiger charge is 2.16. The first-order chi connectivity index (χ1) is 18.5. The Morgan fingerprint density at radius 1 is 0.923 bits per heavy atom. The third-order valence-electron chi connectivity index (χ3n) is 5.28. The molecule has 0 saturated heterocycles. The van der Waals surface area contributed by atoms with E-state index in [1.807, 2.05) is 0 Å². The summed E-state index contributed by atoms with van der Waals surface area (Å²) < 4.78 is 40.7. The van der Waals surface area contributed by atoms with E-state index in [-0.39, 0.29) is 22.9 Å². The lowest BCUT2D eigenvalue weighted by atomic mass is 10.2. The molecule has 12 nitrogen and oxygen atoms in total. The monoisotopic (exact) mass is 553 g/mol.